The molecule has 1 aromatic rings. The van der Waals surface area contributed by atoms with Crippen molar-refractivity contribution in [2.75, 3.05) is 0 Å². The van der Waals surface area contributed by atoms with E-state index in [1.807, 2.05) is 0 Å². The number of hydrogen-bond donors (Lipinski definition) is 0. The summed E-state index contributed by atoms with van der Waals surface area (Å²) in [5, 5.41) is 0. The zero-order valence-electron chi connectivity index (χ0n) is 8.69. The van der Waals surface area contributed by atoms with Crippen molar-refractivity contribution in [1.29, 1.82) is 0 Å². The van der Waals surface area contributed by atoms with Crippen molar-refractivity contribution in [3.63, 3.8) is 0 Å². The van der Waals surface area contributed by atoms with Gasteiger partial charge in [0.15, 0.2) is 0 Å². The maximum atomic E-state index is 11.7. The molecule has 0 N–H and O–H groups in total. The zero-order valence-corrected chi connectivity index (χ0v) is 8.69. The molecule has 0 unspecified atom stereocenters. The largest absolute Gasteiger partial charge is 0.459 e. The van der Waals surface area contributed by atoms with Crippen LogP contribution in [0.1, 0.15) is 42.5 Å². The quantitative estimate of drug-likeness (QED) is 0.696. The maximum absolute atomic E-state index is 11.7. The third-order valence-electron chi connectivity index (χ3n) is 2.74. The number of aromatic nitrogens is 1. The van der Waals surface area contributed by atoms with E-state index in [-0.39, 0.29) is 12.1 Å². The van der Waals surface area contributed by atoms with Gasteiger partial charge in [-0.05, 0) is 37.8 Å². The Balaban J connectivity index is 1.91. The van der Waals surface area contributed by atoms with Crippen LogP contribution in [0.2, 0.25) is 0 Å². The lowest BCUT2D eigenvalue weighted by Crippen LogP contribution is -2.20. The van der Waals surface area contributed by atoms with Gasteiger partial charge in [0.1, 0.15) is 6.10 Å². The van der Waals surface area contributed by atoms with Crippen LogP contribution in [0, 0.1) is 0 Å². The van der Waals surface area contributed by atoms with Crippen LogP contribution in [0.15, 0.2) is 24.5 Å². The first-order chi connectivity index (χ1) is 7.36. The number of nitrogens with zero attached hydrogens (tertiary/aromatic N) is 1. The fourth-order valence-electron chi connectivity index (χ4n) is 1.89. The summed E-state index contributed by atoms with van der Waals surface area (Å²) in [5.74, 6) is -0.218. The maximum Gasteiger partial charge on any atom is 0.338 e. The van der Waals surface area contributed by atoms with Gasteiger partial charge in [-0.3, -0.25) is 4.98 Å². The smallest absolute Gasteiger partial charge is 0.338 e. The molecule has 1 saturated carbocycles. The monoisotopic (exact) mass is 205 g/mol. The average Bonchev–Trinajstić information content (AvgIpc) is 2.31. The topological polar surface area (TPSA) is 39.2 Å². The second-order valence-corrected chi connectivity index (χ2v) is 3.90. The molecule has 0 amide bonds. The van der Waals surface area contributed by atoms with Gasteiger partial charge in [-0.1, -0.05) is 6.42 Å². The van der Waals surface area contributed by atoms with Crippen molar-refractivity contribution in [2.45, 2.75) is 38.2 Å². The first-order valence-electron chi connectivity index (χ1n) is 5.47. The SMILES string of the molecule is O=C(OC1CCCCC1)c1ccncc1. The lowest BCUT2D eigenvalue weighted by atomic mass is 9.98. The minimum atomic E-state index is -0.218. The van der Waals surface area contributed by atoms with E-state index < -0.39 is 0 Å². The first kappa shape index (κ1) is 10.1. The van der Waals surface area contributed by atoms with Crippen LogP contribution in [-0.4, -0.2) is 17.1 Å². The molecule has 0 atom stereocenters. The fraction of sp³-hybridized carbons (Fsp3) is 0.500. The average molecular weight is 205 g/mol. The predicted molar refractivity (Wildman–Crippen MR) is 56.5 cm³/mol. The van der Waals surface area contributed by atoms with Crippen LogP contribution in [0.4, 0.5) is 0 Å². The third-order valence-corrected chi connectivity index (χ3v) is 2.74. The third kappa shape index (κ3) is 2.78. The lowest BCUT2D eigenvalue weighted by Gasteiger charge is -2.21. The van der Waals surface area contributed by atoms with Crippen molar-refractivity contribution < 1.29 is 9.53 Å². The highest BCUT2D eigenvalue weighted by atomic mass is 16.5. The molecular weight excluding hydrogens is 190 g/mol. The van der Waals surface area contributed by atoms with Gasteiger partial charge in [-0.2, -0.15) is 0 Å². The second kappa shape index (κ2) is 4.91. The van der Waals surface area contributed by atoms with Crippen molar-refractivity contribution >= 4 is 5.97 Å². The predicted octanol–water partition coefficient (Wildman–Crippen LogP) is 2.57. The van der Waals surface area contributed by atoms with Crippen molar-refractivity contribution in [2.24, 2.45) is 0 Å². The Morgan fingerprint density at radius 1 is 1.20 bits per heavy atom. The lowest BCUT2D eigenvalue weighted by molar-refractivity contribution is 0.0211. The van der Waals surface area contributed by atoms with Crippen molar-refractivity contribution in [3.8, 4) is 0 Å². The fourth-order valence-corrected chi connectivity index (χ4v) is 1.89. The molecule has 80 valence electrons. The molecular formula is C12H15NO2. The van der Waals surface area contributed by atoms with E-state index in [1.54, 1.807) is 24.5 Å². The number of rotatable bonds is 2. The number of hydrogen-bond acceptors (Lipinski definition) is 3. The molecule has 3 heteroatoms. The molecule has 1 aliphatic rings. The summed E-state index contributed by atoms with van der Waals surface area (Å²) in [5.41, 5.74) is 0.593. The molecule has 0 spiro atoms. The van der Waals surface area contributed by atoms with Gasteiger partial charge in [0.05, 0.1) is 5.56 Å². The van der Waals surface area contributed by atoms with E-state index in [0.29, 0.717) is 5.56 Å². The Bertz CT molecular complexity index is 318. The van der Waals surface area contributed by atoms with Gasteiger partial charge in [-0.25, -0.2) is 4.79 Å². The number of esters is 1. The van der Waals surface area contributed by atoms with Crippen molar-refractivity contribution in [1.82, 2.24) is 4.98 Å². The summed E-state index contributed by atoms with van der Waals surface area (Å²) < 4.78 is 5.41. The standard InChI is InChI=1S/C12H15NO2/c14-12(10-6-8-13-9-7-10)15-11-4-2-1-3-5-11/h6-9,11H,1-5H2. The highest BCUT2D eigenvalue weighted by Crippen LogP contribution is 2.21. The second-order valence-electron chi connectivity index (χ2n) is 3.90. The summed E-state index contributed by atoms with van der Waals surface area (Å²) in [7, 11) is 0. The molecule has 1 aromatic heterocycles. The minimum Gasteiger partial charge on any atom is -0.459 e. The number of ether oxygens (including phenoxy) is 1. The Morgan fingerprint density at radius 3 is 2.53 bits per heavy atom. The van der Waals surface area contributed by atoms with Gasteiger partial charge < -0.3 is 4.74 Å². The van der Waals surface area contributed by atoms with E-state index >= 15 is 0 Å². The van der Waals surface area contributed by atoms with Crippen LogP contribution in [0.25, 0.3) is 0 Å². The van der Waals surface area contributed by atoms with Gasteiger partial charge >= 0.3 is 5.97 Å². The summed E-state index contributed by atoms with van der Waals surface area (Å²) in [6, 6.07) is 3.37. The van der Waals surface area contributed by atoms with Gasteiger partial charge in [0.2, 0.25) is 0 Å². The molecule has 0 bridgehead atoms. The molecule has 1 aliphatic carbocycles. The summed E-state index contributed by atoms with van der Waals surface area (Å²) >= 11 is 0. The number of carbonyl (C=O) groups is 1. The molecule has 0 aromatic carbocycles. The van der Waals surface area contributed by atoms with Crippen LogP contribution in [-0.2, 0) is 4.74 Å². The Hall–Kier alpha value is -1.38. The number of carbonyl (C=O) groups excluding carboxylic acids is 1. The molecule has 3 nitrogen and oxygen atoms in total. The van der Waals surface area contributed by atoms with Crippen molar-refractivity contribution in [3.05, 3.63) is 30.1 Å². The summed E-state index contributed by atoms with van der Waals surface area (Å²) in [4.78, 5) is 15.5. The molecule has 0 radical (unpaired) electrons. The van der Waals surface area contributed by atoms with E-state index in [1.165, 1.54) is 19.3 Å². The van der Waals surface area contributed by atoms with Crippen LogP contribution < -0.4 is 0 Å². The Labute approximate surface area is 89.5 Å². The van der Waals surface area contributed by atoms with Crippen LogP contribution in [0.3, 0.4) is 0 Å². The molecule has 0 saturated heterocycles. The minimum absolute atomic E-state index is 0.124. The molecule has 2 rings (SSSR count). The van der Waals surface area contributed by atoms with E-state index in [0.717, 1.165) is 12.8 Å². The normalized spacial score (nSPS) is 17.3. The molecule has 1 heterocycles. The summed E-state index contributed by atoms with van der Waals surface area (Å²) in [6.07, 6.45) is 8.98. The summed E-state index contributed by atoms with van der Waals surface area (Å²) in [6.45, 7) is 0. The molecule has 15 heavy (non-hydrogen) atoms. The number of pyridine rings is 1. The van der Waals surface area contributed by atoms with E-state index in [9.17, 15) is 4.79 Å². The van der Waals surface area contributed by atoms with Crippen LogP contribution in [0.5, 0.6) is 0 Å². The van der Waals surface area contributed by atoms with Crippen LogP contribution >= 0.6 is 0 Å². The highest BCUT2D eigenvalue weighted by molar-refractivity contribution is 5.89. The molecule has 0 aliphatic heterocycles. The van der Waals surface area contributed by atoms with Gasteiger partial charge in [-0.15, -0.1) is 0 Å². The molecule has 1 fully saturated rings. The first-order valence-corrected chi connectivity index (χ1v) is 5.47. The Morgan fingerprint density at radius 2 is 1.87 bits per heavy atom. The van der Waals surface area contributed by atoms with E-state index in [4.69, 9.17) is 4.74 Å². The van der Waals surface area contributed by atoms with Gasteiger partial charge in [0.25, 0.3) is 0 Å². The zero-order chi connectivity index (χ0) is 10.5. The highest BCUT2D eigenvalue weighted by Gasteiger charge is 2.18. The van der Waals surface area contributed by atoms with E-state index in [2.05, 4.69) is 4.98 Å². The Kier molecular flexibility index (Phi) is 3.33. The van der Waals surface area contributed by atoms with Gasteiger partial charge in [0, 0.05) is 12.4 Å².